The van der Waals surface area contributed by atoms with Crippen LogP contribution >= 0.6 is 0 Å². The number of anilines is 2. The first-order chi connectivity index (χ1) is 14.3. The van der Waals surface area contributed by atoms with Crippen molar-refractivity contribution in [2.45, 2.75) is 0 Å². The number of nitrogens with one attached hydrogen (secondary N) is 2. The molecular formula is C21H16F2N2O5. The second kappa shape index (κ2) is 8.48. The van der Waals surface area contributed by atoms with Gasteiger partial charge in [0.2, 0.25) is 0 Å². The van der Waals surface area contributed by atoms with Crippen molar-refractivity contribution < 1.29 is 33.3 Å². The summed E-state index contributed by atoms with van der Waals surface area (Å²) in [6.07, 6.45) is 0. The van der Waals surface area contributed by atoms with Crippen LogP contribution in [0.2, 0.25) is 0 Å². The van der Waals surface area contributed by atoms with E-state index in [2.05, 4.69) is 10.6 Å². The summed E-state index contributed by atoms with van der Waals surface area (Å²) in [6.45, 7) is 0. The third kappa shape index (κ3) is 4.46. The van der Waals surface area contributed by atoms with Gasteiger partial charge < -0.3 is 25.6 Å². The maximum Gasteiger partial charge on any atom is 0.259 e. The Hall–Kier alpha value is -4.14. The van der Waals surface area contributed by atoms with E-state index < -0.39 is 34.9 Å². The van der Waals surface area contributed by atoms with Crippen molar-refractivity contribution in [1.29, 1.82) is 0 Å². The third-order valence-electron chi connectivity index (χ3n) is 4.11. The van der Waals surface area contributed by atoms with E-state index in [1.54, 1.807) is 0 Å². The molecule has 154 valence electrons. The molecule has 9 heteroatoms. The van der Waals surface area contributed by atoms with Crippen molar-refractivity contribution in [3.8, 4) is 17.2 Å². The molecule has 0 radical (unpaired) electrons. The number of hydrogen-bond donors (Lipinski definition) is 4. The molecule has 0 aromatic heterocycles. The predicted molar refractivity (Wildman–Crippen MR) is 105 cm³/mol. The molecule has 0 unspecified atom stereocenters. The Morgan fingerprint density at radius 2 is 1.33 bits per heavy atom. The number of ether oxygens (including phenoxy) is 1. The highest BCUT2D eigenvalue weighted by molar-refractivity contribution is 6.10. The largest absolute Gasteiger partial charge is 0.505 e. The van der Waals surface area contributed by atoms with Crippen LogP contribution in [0.25, 0.3) is 0 Å². The van der Waals surface area contributed by atoms with Gasteiger partial charge in [-0.2, -0.15) is 0 Å². The van der Waals surface area contributed by atoms with Crippen molar-refractivity contribution in [3.63, 3.8) is 0 Å². The zero-order valence-electron chi connectivity index (χ0n) is 15.6. The Labute approximate surface area is 169 Å². The zero-order chi connectivity index (χ0) is 21.8. The fraction of sp³-hybridized carbons (Fsp3) is 0.0476. The number of hydrogen-bond acceptors (Lipinski definition) is 5. The Balaban J connectivity index is 1.84. The van der Waals surface area contributed by atoms with Gasteiger partial charge in [0.05, 0.1) is 12.7 Å². The van der Waals surface area contributed by atoms with Crippen LogP contribution in [0.3, 0.4) is 0 Å². The van der Waals surface area contributed by atoms with Gasteiger partial charge in [-0.1, -0.05) is 0 Å². The Kier molecular flexibility index (Phi) is 5.82. The molecule has 0 heterocycles. The normalized spacial score (nSPS) is 10.4. The minimum absolute atomic E-state index is 0.0101. The molecule has 2 amide bonds. The summed E-state index contributed by atoms with van der Waals surface area (Å²) >= 11 is 0. The second-order valence-corrected chi connectivity index (χ2v) is 6.16. The number of phenols is 2. The first kappa shape index (κ1) is 20.6. The lowest BCUT2D eigenvalue weighted by Gasteiger charge is -2.12. The lowest BCUT2D eigenvalue weighted by atomic mass is 10.1. The summed E-state index contributed by atoms with van der Waals surface area (Å²) in [7, 11) is 1.34. The van der Waals surface area contributed by atoms with Crippen LogP contribution in [-0.4, -0.2) is 29.1 Å². The average Bonchev–Trinajstić information content (AvgIpc) is 2.73. The quantitative estimate of drug-likeness (QED) is 0.507. The average molecular weight is 414 g/mol. The standard InChI is InChI=1S/C21H16F2N2O5/c1-30-19-7-2-11(20(28)24-12-3-5-15(22)17(26)9-12)8-14(19)21(29)25-13-4-6-16(23)18(27)10-13/h2-10,26-27H,1H3,(H,24,28)(H,25,29). The molecule has 0 fully saturated rings. The molecule has 0 aliphatic carbocycles. The monoisotopic (exact) mass is 414 g/mol. The van der Waals surface area contributed by atoms with E-state index in [9.17, 15) is 28.6 Å². The Morgan fingerprint density at radius 1 is 0.800 bits per heavy atom. The van der Waals surface area contributed by atoms with Gasteiger partial charge in [-0.3, -0.25) is 9.59 Å². The third-order valence-corrected chi connectivity index (χ3v) is 4.11. The van der Waals surface area contributed by atoms with Gasteiger partial charge in [0.1, 0.15) is 5.75 Å². The van der Waals surface area contributed by atoms with Crippen LogP contribution in [-0.2, 0) is 0 Å². The van der Waals surface area contributed by atoms with Crippen LogP contribution in [0.4, 0.5) is 20.2 Å². The van der Waals surface area contributed by atoms with E-state index in [1.807, 2.05) is 0 Å². The van der Waals surface area contributed by atoms with E-state index in [0.717, 1.165) is 24.3 Å². The summed E-state index contributed by atoms with van der Waals surface area (Å²) < 4.78 is 31.5. The highest BCUT2D eigenvalue weighted by atomic mass is 19.1. The van der Waals surface area contributed by atoms with E-state index in [-0.39, 0.29) is 28.3 Å². The number of benzene rings is 3. The lowest BCUT2D eigenvalue weighted by Crippen LogP contribution is -2.16. The van der Waals surface area contributed by atoms with Gasteiger partial charge in [-0.15, -0.1) is 0 Å². The molecule has 30 heavy (non-hydrogen) atoms. The number of halogens is 2. The summed E-state index contributed by atoms with van der Waals surface area (Å²) in [5.74, 6) is -4.02. The van der Waals surface area contributed by atoms with Crippen LogP contribution in [0, 0.1) is 11.6 Å². The number of rotatable bonds is 5. The molecule has 0 atom stereocenters. The smallest absolute Gasteiger partial charge is 0.259 e. The number of phenolic OH excluding ortho intramolecular Hbond substituents is 2. The molecule has 0 saturated heterocycles. The van der Waals surface area contributed by atoms with Crippen molar-refractivity contribution >= 4 is 23.2 Å². The molecule has 3 rings (SSSR count). The molecule has 0 spiro atoms. The van der Waals surface area contributed by atoms with Crippen LogP contribution in [0.5, 0.6) is 17.2 Å². The molecule has 3 aromatic carbocycles. The maximum atomic E-state index is 13.2. The number of carbonyl (C=O) groups is 2. The molecule has 0 bridgehead atoms. The fourth-order valence-electron chi connectivity index (χ4n) is 2.61. The zero-order valence-corrected chi connectivity index (χ0v) is 15.6. The van der Waals surface area contributed by atoms with E-state index in [4.69, 9.17) is 4.74 Å². The molecular weight excluding hydrogens is 398 g/mol. The molecule has 0 aliphatic rings. The molecule has 0 aliphatic heterocycles. The van der Waals surface area contributed by atoms with Crippen LogP contribution in [0.1, 0.15) is 20.7 Å². The summed E-state index contributed by atoms with van der Waals surface area (Å²) in [5.41, 5.74) is 0.391. The van der Waals surface area contributed by atoms with Crippen molar-refractivity contribution in [2.75, 3.05) is 17.7 Å². The van der Waals surface area contributed by atoms with Gasteiger partial charge in [-0.05, 0) is 42.5 Å². The van der Waals surface area contributed by atoms with E-state index in [1.165, 1.54) is 37.4 Å². The second-order valence-electron chi connectivity index (χ2n) is 6.16. The van der Waals surface area contributed by atoms with E-state index in [0.29, 0.717) is 0 Å². The highest BCUT2D eigenvalue weighted by Crippen LogP contribution is 2.25. The minimum Gasteiger partial charge on any atom is -0.505 e. The molecule has 7 nitrogen and oxygen atoms in total. The fourth-order valence-corrected chi connectivity index (χ4v) is 2.61. The number of methoxy groups -OCH3 is 1. The Bertz CT molecular complexity index is 1130. The van der Waals surface area contributed by atoms with Crippen molar-refractivity contribution in [2.24, 2.45) is 0 Å². The summed E-state index contributed by atoms with van der Waals surface area (Å²) in [4.78, 5) is 25.1. The van der Waals surface area contributed by atoms with E-state index >= 15 is 0 Å². The number of aromatic hydroxyl groups is 2. The van der Waals surface area contributed by atoms with Gasteiger partial charge in [0.15, 0.2) is 23.1 Å². The first-order valence-corrected chi connectivity index (χ1v) is 8.56. The molecule has 4 N–H and O–H groups in total. The molecule has 0 saturated carbocycles. The predicted octanol–water partition coefficient (Wildman–Crippen LogP) is 3.89. The topological polar surface area (TPSA) is 108 Å². The maximum absolute atomic E-state index is 13.2. The van der Waals surface area contributed by atoms with Crippen molar-refractivity contribution in [3.05, 3.63) is 77.4 Å². The van der Waals surface area contributed by atoms with Crippen molar-refractivity contribution in [1.82, 2.24) is 0 Å². The SMILES string of the molecule is COc1ccc(C(=O)Nc2ccc(F)c(O)c2)cc1C(=O)Nc1ccc(F)c(O)c1. The van der Waals surface area contributed by atoms with Gasteiger partial charge >= 0.3 is 0 Å². The molecule has 3 aromatic rings. The highest BCUT2D eigenvalue weighted by Gasteiger charge is 2.17. The van der Waals surface area contributed by atoms with Gasteiger partial charge in [-0.25, -0.2) is 8.78 Å². The summed E-state index contributed by atoms with van der Waals surface area (Å²) in [5, 5.41) is 23.8. The van der Waals surface area contributed by atoms with Crippen LogP contribution in [0.15, 0.2) is 54.6 Å². The van der Waals surface area contributed by atoms with Crippen LogP contribution < -0.4 is 15.4 Å². The minimum atomic E-state index is -0.837. The van der Waals surface area contributed by atoms with Gasteiger partial charge in [0, 0.05) is 29.1 Å². The van der Waals surface area contributed by atoms with Gasteiger partial charge in [0.25, 0.3) is 11.8 Å². The Morgan fingerprint density at radius 3 is 1.83 bits per heavy atom. The lowest BCUT2D eigenvalue weighted by molar-refractivity contribution is 0.102. The summed E-state index contributed by atoms with van der Waals surface area (Å²) in [6, 6.07) is 10.7. The number of carbonyl (C=O) groups excluding carboxylic acids is 2. The first-order valence-electron chi connectivity index (χ1n) is 8.56. The number of amides is 2.